The van der Waals surface area contributed by atoms with E-state index in [0.29, 0.717) is 18.0 Å². The summed E-state index contributed by atoms with van der Waals surface area (Å²) < 4.78 is 4.97. The predicted octanol–water partition coefficient (Wildman–Crippen LogP) is 2.92. The van der Waals surface area contributed by atoms with Crippen LogP contribution in [0.5, 0.6) is 5.88 Å². The molecule has 0 aliphatic carbocycles. The molecule has 0 aliphatic heterocycles. The average molecular weight is 273 g/mol. The monoisotopic (exact) mass is 273 g/mol. The lowest BCUT2D eigenvalue weighted by Crippen LogP contribution is -2.01. The molecule has 0 bridgehead atoms. The Kier molecular flexibility index (Phi) is 4.14. The third-order valence-electron chi connectivity index (χ3n) is 2.91. The maximum absolute atomic E-state index is 10.9. The Hall–Kier alpha value is -2.63. The largest absolute Gasteiger partial charge is 0.481 e. The van der Waals surface area contributed by atoms with E-state index in [2.05, 4.69) is 10.3 Å². The van der Waals surface area contributed by atoms with E-state index in [-0.39, 0.29) is 10.6 Å². The number of rotatable bonds is 5. The number of ether oxygens (including phenoxy) is 1. The van der Waals surface area contributed by atoms with Gasteiger partial charge in [0.2, 0.25) is 5.88 Å². The molecule has 0 aliphatic rings. The number of hydrogen-bond donors (Lipinski definition) is 1. The summed E-state index contributed by atoms with van der Waals surface area (Å²) in [4.78, 5) is 14.6. The summed E-state index contributed by atoms with van der Waals surface area (Å²) >= 11 is 0. The lowest BCUT2D eigenvalue weighted by atomic mass is 10.1. The van der Waals surface area contributed by atoms with E-state index < -0.39 is 0 Å². The minimum absolute atomic E-state index is 0.136. The van der Waals surface area contributed by atoms with E-state index in [1.807, 2.05) is 12.1 Å². The maximum Gasteiger partial charge on any atom is 0.272 e. The quantitative estimate of drug-likeness (QED) is 0.669. The topological polar surface area (TPSA) is 77.3 Å². The number of nitro benzene ring substituents is 1. The van der Waals surface area contributed by atoms with Gasteiger partial charge in [-0.1, -0.05) is 12.1 Å². The number of aryl methyl sites for hydroxylation is 1. The van der Waals surface area contributed by atoms with Crippen molar-refractivity contribution in [2.24, 2.45) is 0 Å². The van der Waals surface area contributed by atoms with Crippen LogP contribution in [-0.4, -0.2) is 17.0 Å². The molecule has 6 nitrogen and oxygen atoms in total. The molecule has 1 aromatic heterocycles. The summed E-state index contributed by atoms with van der Waals surface area (Å²) in [6.45, 7) is 2.22. The molecule has 1 aromatic carbocycles. The first kappa shape index (κ1) is 13.8. The molecular weight excluding hydrogens is 258 g/mol. The Bertz CT molecular complexity index is 612. The van der Waals surface area contributed by atoms with Crippen LogP contribution in [0.1, 0.15) is 11.1 Å². The first-order valence-corrected chi connectivity index (χ1v) is 6.08. The molecule has 1 heterocycles. The number of hydrogen-bond acceptors (Lipinski definition) is 5. The van der Waals surface area contributed by atoms with E-state index in [9.17, 15) is 10.1 Å². The number of benzene rings is 1. The van der Waals surface area contributed by atoms with Gasteiger partial charge in [-0.25, -0.2) is 4.98 Å². The van der Waals surface area contributed by atoms with Crippen molar-refractivity contribution >= 4 is 11.4 Å². The standard InChI is InChI=1S/C14H15N3O3/c1-10-3-4-11(7-13(10)17(18)19)8-15-12-5-6-14(20-2)16-9-12/h3-7,9,15H,8H2,1-2H3. The maximum atomic E-state index is 10.9. The van der Waals surface area contributed by atoms with Gasteiger partial charge in [0, 0.05) is 24.2 Å². The second kappa shape index (κ2) is 6.01. The predicted molar refractivity (Wildman–Crippen MR) is 75.9 cm³/mol. The summed E-state index contributed by atoms with van der Waals surface area (Å²) in [5, 5.41) is 14.0. The van der Waals surface area contributed by atoms with Crippen molar-refractivity contribution in [2.75, 3.05) is 12.4 Å². The Morgan fingerprint density at radius 1 is 1.35 bits per heavy atom. The van der Waals surface area contributed by atoms with Crippen LogP contribution in [-0.2, 0) is 6.54 Å². The fraction of sp³-hybridized carbons (Fsp3) is 0.214. The second-order valence-electron chi connectivity index (χ2n) is 4.32. The number of pyridine rings is 1. The summed E-state index contributed by atoms with van der Waals surface area (Å²) in [6, 6.07) is 8.79. The van der Waals surface area contributed by atoms with Gasteiger partial charge in [0.15, 0.2) is 0 Å². The van der Waals surface area contributed by atoms with Crippen molar-refractivity contribution in [3.8, 4) is 5.88 Å². The SMILES string of the molecule is COc1ccc(NCc2ccc(C)c([N+](=O)[O-])c2)cn1. The lowest BCUT2D eigenvalue weighted by molar-refractivity contribution is -0.385. The number of anilines is 1. The molecule has 0 fully saturated rings. The smallest absolute Gasteiger partial charge is 0.272 e. The van der Waals surface area contributed by atoms with Crippen molar-refractivity contribution in [1.29, 1.82) is 0 Å². The molecule has 0 saturated heterocycles. The van der Waals surface area contributed by atoms with Crippen molar-refractivity contribution in [3.63, 3.8) is 0 Å². The van der Waals surface area contributed by atoms with Crippen LogP contribution >= 0.6 is 0 Å². The van der Waals surface area contributed by atoms with Gasteiger partial charge in [-0.15, -0.1) is 0 Å². The molecule has 20 heavy (non-hydrogen) atoms. The van der Waals surface area contributed by atoms with Gasteiger partial charge in [-0.2, -0.15) is 0 Å². The number of nitrogens with one attached hydrogen (secondary N) is 1. The summed E-state index contributed by atoms with van der Waals surface area (Å²) in [5.74, 6) is 0.543. The summed E-state index contributed by atoms with van der Waals surface area (Å²) in [5.41, 5.74) is 2.47. The summed E-state index contributed by atoms with van der Waals surface area (Å²) in [7, 11) is 1.56. The minimum Gasteiger partial charge on any atom is -0.481 e. The summed E-state index contributed by atoms with van der Waals surface area (Å²) in [6.07, 6.45) is 1.65. The van der Waals surface area contributed by atoms with Gasteiger partial charge in [-0.3, -0.25) is 10.1 Å². The zero-order valence-electron chi connectivity index (χ0n) is 11.3. The molecule has 104 valence electrons. The second-order valence-corrected chi connectivity index (χ2v) is 4.32. The highest BCUT2D eigenvalue weighted by atomic mass is 16.6. The fourth-order valence-corrected chi connectivity index (χ4v) is 1.77. The molecule has 0 atom stereocenters. The molecule has 2 rings (SSSR count). The van der Waals surface area contributed by atoms with Crippen molar-refractivity contribution in [3.05, 3.63) is 57.8 Å². The van der Waals surface area contributed by atoms with Gasteiger partial charge < -0.3 is 10.1 Å². The molecule has 0 amide bonds. The van der Waals surface area contributed by atoms with Gasteiger partial charge in [0.05, 0.1) is 23.9 Å². The van der Waals surface area contributed by atoms with E-state index in [0.717, 1.165) is 11.3 Å². The Balaban J connectivity index is 2.06. The fourth-order valence-electron chi connectivity index (χ4n) is 1.77. The number of methoxy groups -OCH3 is 1. The molecule has 0 radical (unpaired) electrons. The van der Waals surface area contributed by atoms with Gasteiger partial charge in [0.25, 0.3) is 5.69 Å². The highest BCUT2D eigenvalue weighted by molar-refractivity contribution is 5.46. The number of nitrogens with zero attached hydrogens (tertiary/aromatic N) is 2. The normalized spacial score (nSPS) is 10.1. The van der Waals surface area contributed by atoms with E-state index >= 15 is 0 Å². The molecule has 2 aromatic rings. The lowest BCUT2D eigenvalue weighted by Gasteiger charge is -2.07. The average Bonchev–Trinajstić information content (AvgIpc) is 2.46. The molecule has 6 heteroatoms. The Morgan fingerprint density at radius 2 is 2.15 bits per heavy atom. The van der Waals surface area contributed by atoms with Gasteiger partial charge >= 0.3 is 0 Å². The molecule has 0 saturated carbocycles. The number of aromatic nitrogens is 1. The van der Waals surface area contributed by atoms with Crippen LogP contribution in [0.25, 0.3) is 0 Å². The third kappa shape index (κ3) is 3.23. The van der Waals surface area contributed by atoms with Crippen LogP contribution < -0.4 is 10.1 Å². The third-order valence-corrected chi connectivity index (χ3v) is 2.91. The van der Waals surface area contributed by atoms with Crippen molar-refractivity contribution in [1.82, 2.24) is 4.98 Å². The molecule has 0 spiro atoms. The first-order chi connectivity index (χ1) is 9.60. The van der Waals surface area contributed by atoms with Gasteiger partial charge in [-0.05, 0) is 18.6 Å². The van der Waals surface area contributed by atoms with E-state index in [1.54, 1.807) is 38.4 Å². The molecule has 0 unspecified atom stereocenters. The van der Waals surface area contributed by atoms with Crippen molar-refractivity contribution < 1.29 is 9.66 Å². The van der Waals surface area contributed by atoms with Crippen LogP contribution in [0.4, 0.5) is 11.4 Å². The zero-order chi connectivity index (χ0) is 14.5. The first-order valence-electron chi connectivity index (χ1n) is 6.08. The van der Waals surface area contributed by atoms with Crippen LogP contribution in [0.3, 0.4) is 0 Å². The molecule has 1 N–H and O–H groups in total. The van der Waals surface area contributed by atoms with Gasteiger partial charge in [0.1, 0.15) is 0 Å². The van der Waals surface area contributed by atoms with E-state index in [4.69, 9.17) is 4.74 Å². The van der Waals surface area contributed by atoms with Crippen LogP contribution in [0.2, 0.25) is 0 Å². The number of nitro groups is 1. The van der Waals surface area contributed by atoms with Crippen LogP contribution in [0.15, 0.2) is 36.5 Å². The molecular formula is C14H15N3O3. The highest BCUT2D eigenvalue weighted by Gasteiger charge is 2.10. The Labute approximate surface area is 116 Å². The van der Waals surface area contributed by atoms with Crippen LogP contribution in [0, 0.1) is 17.0 Å². The zero-order valence-corrected chi connectivity index (χ0v) is 11.3. The van der Waals surface area contributed by atoms with E-state index in [1.165, 1.54) is 0 Å². The van der Waals surface area contributed by atoms with Crippen molar-refractivity contribution in [2.45, 2.75) is 13.5 Å². The minimum atomic E-state index is -0.367. The Morgan fingerprint density at radius 3 is 2.75 bits per heavy atom. The highest BCUT2D eigenvalue weighted by Crippen LogP contribution is 2.20.